The highest BCUT2D eigenvalue weighted by Gasteiger charge is 2.12. The van der Waals surface area contributed by atoms with Gasteiger partial charge in [-0.05, 0) is 71.8 Å². The van der Waals surface area contributed by atoms with Crippen molar-refractivity contribution in [1.82, 2.24) is 10.2 Å². The Morgan fingerprint density at radius 1 is 0.964 bits per heavy atom. The van der Waals surface area contributed by atoms with E-state index in [-0.39, 0.29) is 5.91 Å². The Morgan fingerprint density at radius 2 is 1.82 bits per heavy atom. The summed E-state index contributed by atoms with van der Waals surface area (Å²) in [6, 6.07) is 13.8. The number of benzene rings is 2. The molecule has 0 aliphatic rings. The maximum absolute atomic E-state index is 12.4. The van der Waals surface area contributed by atoms with Gasteiger partial charge in [0.25, 0.3) is 5.91 Å². The lowest BCUT2D eigenvalue weighted by Gasteiger charge is -2.13. The third kappa shape index (κ3) is 3.59. The van der Waals surface area contributed by atoms with Crippen LogP contribution in [0.5, 0.6) is 0 Å². The number of rotatable bonds is 4. The molecule has 0 unspecified atom stereocenters. The smallest absolute Gasteiger partial charge is 0.256 e. The largest absolute Gasteiger partial charge is 0.421 e. The van der Waals surface area contributed by atoms with Crippen LogP contribution >= 0.6 is 11.3 Å². The summed E-state index contributed by atoms with van der Waals surface area (Å²) in [5, 5.41) is 14.7. The summed E-state index contributed by atoms with van der Waals surface area (Å²) in [7, 11) is 0. The van der Waals surface area contributed by atoms with Crippen LogP contribution in [-0.4, -0.2) is 16.1 Å². The number of hydrogen-bond acceptors (Lipinski definition) is 5. The van der Waals surface area contributed by atoms with Crippen molar-refractivity contribution in [3.63, 3.8) is 0 Å². The first-order chi connectivity index (χ1) is 13.5. The van der Waals surface area contributed by atoms with Crippen molar-refractivity contribution in [2.24, 2.45) is 0 Å². The summed E-state index contributed by atoms with van der Waals surface area (Å²) >= 11 is 1.51. The monoisotopic (exact) mass is 389 g/mol. The van der Waals surface area contributed by atoms with E-state index in [0.717, 1.165) is 33.5 Å². The number of hydrogen-bond donors (Lipinski definition) is 1. The molecule has 0 bridgehead atoms. The molecule has 4 aromatic rings. The lowest BCUT2D eigenvalue weighted by Crippen LogP contribution is -2.10. The second-order valence-electron chi connectivity index (χ2n) is 6.65. The Hall–Kier alpha value is -3.25. The number of thiophene rings is 1. The molecule has 28 heavy (non-hydrogen) atoms. The van der Waals surface area contributed by atoms with Crippen molar-refractivity contribution in [3.8, 4) is 22.6 Å². The Kier molecular flexibility index (Phi) is 4.79. The van der Waals surface area contributed by atoms with Gasteiger partial charge in [-0.1, -0.05) is 12.1 Å². The van der Waals surface area contributed by atoms with Crippen LogP contribution in [0.25, 0.3) is 22.6 Å². The summed E-state index contributed by atoms with van der Waals surface area (Å²) in [4.78, 5) is 12.4. The molecule has 0 atom stereocenters. The molecule has 0 radical (unpaired) electrons. The van der Waals surface area contributed by atoms with Crippen molar-refractivity contribution in [3.05, 3.63) is 75.8 Å². The van der Waals surface area contributed by atoms with E-state index in [2.05, 4.69) is 35.4 Å². The molecule has 0 spiro atoms. The van der Waals surface area contributed by atoms with E-state index in [9.17, 15) is 4.79 Å². The van der Waals surface area contributed by atoms with Crippen LogP contribution in [-0.2, 0) is 0 Å². The zero-order valence-corrected chi connectivity index (χ0v) is 16.6. The highest BCUT2D eigenvalue weighted by molar-refractivity contribution is 7.08. The van der Waals surface area contributed by atoms with E-state index >= 15 is 0 Å². The quantitative estimate of drug-likeness (QED) is 0.490. The lowest BCUT2D eigenvalue weighted by atomic mass is 9.94. The SMILES string of the molecule is Cc1nnc(-c2ccc(-c3cc(NC(=O)c4ccsc4)ccc3C)c(C)c2)o1. The summed E-state index contributed by atoms with van der Waals surface area (Å²) in [5.74, 6) is 0.956. The first-order valence-corrected chi connectivity index (χ1v) is 9.81. The van der Waals surface area contributed by atoms with Crippen molar-refractivity contribution >= 4 is 22.9 Å². The molecule has 140 valence electrons. The minimum atomic E-state index is -0.102. The van der Waals surface area contributed by atoms with Crippen LogP contribution in [0.2, 0.25) is 0 Å². The third-order valence-electron chi connectivity index (χ3n) is 4.57. The van der Waals surface area contributed by atoms with Gasteiger partial charge in [-0.2, -0.15) is 11.3 Å². The number of amides is 1. The summed E-state index contributed by atoms with van der Waals surface area (Å²) in [6.07, 6.45) is 0. The number of carbonyl (C=O) groups is 1. The molecule has 0 aliphatic heterocycles. The van der Waals surface area contributed by atoms with E-state index in [1.165, 1.54) is 11.3 Å². The fourth-order valence-corrected chi connectivity index (χ4v) is 3.73. The third-order valence-corrected chi connectivity index (χ3v) is 5.25. The first kappa shape index (κ1) is 18.1. The Balaban J connectivity index is 1.66. The minimum absolute atomic E-state index is 0.102. The van der Waals surface area contributed by atoms with Gasteiger partial charge in [0.05, 0.1) is 5.56 Å². The van der Waals surface area contributed by atoms with Crippen molar-refractivity contribution in [2.75, 3.05) is 5.32 Å². The molecule has 4 rings (SSSR count). The highest BCUT2D eigenvalue weighted by atomic mass is 32.1. The van der Waals surface area contributed by atoms with Crippen molar-refractivity contribution in [2.45, 2.75) is 20.8 Å². The van der Waals surface area contributed by atoms with Gasteiger partial charge in [-0.15, -0.1) is 10.2 Å². The van der Waals surface area contributed by atoms with Crippen LogP contribution in [0.1, 0.15) is 27.4 Å². The van der Waals surface area contributed by atoms with Crippen LogP contribution < -0.4 is 5.32 Å². The van der Waals surface area contributed by atoms with Crippen LogP contribution in [0.15, 0.2) is 57.6 Å². The molecule has 1 amide bonds. The molecule has 5 nitrogen and oxygen atoms in total. The predicted molar refractivity (Wildman–Crippen MR) is 112 cm³/mol. The molecule has 2 aromatic carbocycles. The van der Waals surface area contributed by atoms with Gasteiger partial charge in [-0.25, -0.2) is 0 Å². The zero-order chi connectivity index (χ0) is 19.7. The second kappa shape index (κ2) is 7.40. The standard InChI is InChI=1S/C22H19N3O2S/c1-13-4-6-18(23-21(26)17-8-9-28-12-17)11-20(13)19-7-5-16(10-14(19)2)22-25-24-15(3)27-22/h4-12H,1-3H3,(H,23,26). The van der Waals surface area contributed by atoms with Crippen LogP contribution in [0, 0.1) is 20.8 Å². The topological polar surface area (TPSA) is 68.0 Å². The number of carbonyl (C=O) groups excluding carboxylic acids is 1. The average Bonchev–Trinajstić information content (AvgIpc) is 3.35. The molecule has 0 saturated heterocycles. The molecule has 2 aromatic heterocycles. The van der Waals surface area contributed by atoms with Crippen LogP contribution in [0.4, 0.5) is 5.69 Å². The molecule has 0 aliphatic carbocycles. The molecule has 0 fully saturated rings. The van der Waals surface area contributed by atoms with E-state index < -0.39 is 0 Å². The predicted octanol–water partition coefficient (Wildman–Crippen LogP) is 5.64. The highest BCUT2D eigenvalue weighted by Crippen LogP contribution is 2.32. The summed E-state index contributed by atoms with van der Waals surface area (Å²) in [6.45, 7) is 5.89. The minimum Gasteiger partial charge on any atom is -0.421 e. The van der Waals surface area contributed by atoms with Crippen LogP contribution in [0.3, 0.4) is 0 Å². The van der Waals surface area contributed by atoms with E-state index in [1.807, 2.05) is 47.2 Å². The number of nitrogens with zero attached hydrogens (tertiary/aromatic N) is 2. The van der Waals surface area contributed by atoms with Crippen molar-refractivity contribution < 1.29 is 9.21 Å². The second-order valence-corrected chi connectivity index (χ2v) is 7.43. The summed E-state index contributed by atoms with van der Waals surface area (Å²) in [5.41, 5.74) is 6.74. The van der Waals surface area contributed by atoms with Gasteiger partial charge in [0.2, 0.25) is 11.8 Å². The number of anilines is 1. The fourth-order valence-electron chi connectivity index (χ4n) is 3.10. The maximum Gasteiger partial charge on any atom is 0.256 e. The van der Waals surface area contributed by atoms with Gasteiger partial charge >= 0.3 is 0 Å². The van der Waals surface area contributed by atoms with Crippen molar-refractivity contribution in [1.29, 1.82) is 0 Å². The Morgan fingerprint density at radius 3 is 2.50 bits per heavy atom. The molecular weight excluding hydrogens is 370 g/mol. The van der Waals surface area contributed by atoms with Gasteiger partial charge < -0.3 is 9.73 Å². The Labute approximate surface area is 167 Å². The van der Waals surface area contributed by atoms with Gasteiger partial charge in [0, 0.05) is 23.6 Å². The van der Waals surface area contributed by atoms with Gasteiger partial charge in [0.15, 0.2) is 0 Å². The molecule has 6 heteroatoms. The maximum atomic E-state index is 12.4. The zero-order valence-electron chi connectivity index (χ0n) is 15.8. The normalized spacial score (nSPS) is 10.8. The number of aromatic nitrogens is 2. The fraction of sp³-hybridized carbons (Fsp3) is 0.136. The van der Waals surface area contributed by atoms with E-state index in [0.29, 0.717) is 17.3 Å². The lowest BCUT2D eigenvalue weighted by molar-refractivity contribution is 0.102. The van der Waals surface area contributed by atoms with Gasteiger partial charge in [0.1, 0.15) is 0 Å². The average molecular weight is 389 g/mol. The molecule has 2 heterocycles. The Bertz CT molecular complexity index is 1150. The van der Waals surface area contributed by atoms with E-state index in [4.69, 9.17) is 4.42 Å². The number of aryl methyl sites for hydroxylation is 3. The van der Waals surface area contributed by atoms with Gasteiger partial charge in [-0.3, -0.25) is 4.79 Å². The molecule has 1 N–H and O–H groups in total. The number of nitrogens with one attached hydrogen (secondary N) is 1. The first-order valence-electron chi connectivity index (χ1n) is 8.87. The summed E-state index contributed by atoms with van der Waals surface area (Å²) < 4.78 is 5.52. The van der Waals surface area contributed by atoms with E-state index in [1.54, 1.807) is 6.92 Å². The molecular formula is C22H19N3O2S. The molecule has 0 saturated carbocycles.